The molecule has 0 spiro atoms. The van der Waals surface area contributed by atoms with Crippen molar-refractivity contribution in [2.24, 2.45) is 0 Å². The third kappa shape index (κ3) is 4.48. The Hall–Kier alpha value is -3.10. The highest BCUT2D eigenvalue weighted by molar-refractivity contribution is 7.15. The number of rotatable bonds is 6. The van der Waals surface area contributed by atoms with Crippen molar-refractivity contribution < 1.29 is 13.9 Å². The number of carbonyl (C=O) groups is 1. The molecule has 3 aromatic heterocycles. The average molecular weight is 479 g/mol. The van der Waals surface area contributed by atoms with E-state index in [9.17, 15) is 9.18 Å². The zero-order valence-corrected chi connectivity index (χ0v) is 20.1. The number of pyridine rings is 1. The van der Waals surface area contributed by atoms with Crippen LogP contribution in [-0.2, 0) is 17.8 Å². The van der Waals surface area contributed by atoms with Crippen LogP contribution in [0.4, 0.5) is 4.39 Å². The Kier molecular flexibility index (Phi) is 6.43. The molecule has 8 heteroatoms. The monoisotopic (exact) mass is 478 g/mol. The minimum absolute atomic E-state index is 0.0208. The summed E-state index contributed by atoms with van der Waals surface area (Å²) in [6, 6.07) is 11.4. The minimum atomic E-state index is -0.328. The zero-order chi connectivity index (χ0) is 23.7. The molecule has 0 N–H and O–H groups in total. The van der Waals surface area contributed by atoms with Gasteiger partial charge in [0, 0.05) is 44.1 Å². The van der Waals surface area contributed by atoms with Gasteiger partial charge in [0.15, 0.2) is 0 Å². The number of aryl methyl sites for hydroxylation is 1. The SMILES string of the molecule is COCc1cc(F)cn2cc(CC3CCCCN3C(=O)c3nc(C)sc3-c3ccccc3)nc12. The Balaban J connectivity index is 1.44. The highest BCUT2D eigenvalue weighted by Crippen LogP contribution is 2.32. The van der Waals surface area contributed by atoms with Gasteiger partial charge in [0.2, 0.25) is 0 Å². The Morgan fingerprint density at radius 2 is 2.03 bits per heavy atom. The first-order valence-corrected chi connectivity index (χ1v) is 12.3. The number of halogens is 1. The van der Waals surface area contributed by atoms with Crippen LogP contribution >= 0.6 is 11.3 Å². The van der Waals surface area contributed by atoms with Gasteiger partial charge in [-0.1, -0.05) is 30.3 Å². The van der Waals surface area contributed by atoms with Crippen molar-refractivity contribution in [3.05, 3.63) is 76.6 Å². The molecule has 0 saturated carbocycles. The van der Waals surface area contributed by atoms with Crippen LogP contribution < -0.4 is 0 Å². The molecule has 1 atom stereocenters. The Labute approximate surface area is 202 Å². The lowest BCUT2D eigenvalue weighted by Crippen LogP contribution is -2.45. The lowest BCUT2D eigenvalue weighted by atomic mass is 9.97. The number of amides is 1. The van der Waals surface area contributed by atoms with Crippen molar-refractivity contribution in [1.29, 1.82) is 0 Å². The third-order valence-electron chi connectivity index (χ3n) is 6.25. The smallest absolute Gasteiger partial charge is 0.274 e. The van der Waals surface area contributed by atoms with E-state index >= 15 is 0 Å². The Morgan fingerprint density at radius 1 is 1.21 bits per heavy atom. The minimum Gasteiger partial charge on any atom is -0.380 e. The second kappa shape index (κ2) is 9.64. The largest absolute Gasteiger partial charge is 0.380 e. The number of methoxy groups -OCH3 is 1. The molecule has 1 aliphatic rings. The summed E-state index contributed by atoms with van der Waals surface area (Å²) in [6.07, 6.45) is 6.84. The summed E-state index contributed by atoms with van der Waals surface area (Å²) in [5, 5.41) is 0.879. The number of hydrogen-bond acceptors (Lipinski definition) is 5. The summed E-state index contributed by atoms with van der Waals surface area (Å²) in [5.74, 6) is -0.354. The normalized spacial score (nSPS) is 16.3. The van der Waals surface area contributed by atoms with Crippen LogP contribution in [0.15, 0.2) is 48.8 Å². The maximum absolute atomic E-state index is 14.1. The van der Waals surface area contributed by atoms with E-state index in [1.165, 1.54) is 12.3 Å². The number of imidazole rings is 1. The van der Waals surface area contributed by atoms with Crippen LogP contribution in [0.3, 0.4) is 0 Å². The maximum atomic E-state index is 14.1. The number of carbonyl (C=O) groups excluding carboxylic acids is 1. The van der Waals surface area contributed by atoms with E-state index in [1.54, 1.807) is 22.8 Å². The highest BCUT2D eigenvalue weighted by atomic mass is 32.1. The van der Waals surface area contributed by atoms with Gasteiger partial charge in [0.25, 0.3) is 5.91 Å². The number of benzene rings is 1. The summed E-state index contributed by atoms with van der Waals surface area (Å²) in [6.45, 7) is 2.93. The molecule has 1 saturated heterocycles. The second-order valence-electron chi connectivity index (χ2n) is 8.71. The van der Waals surface area contributed by atoms with E-state index in [1.807, 2.05) is 48.4 Å². The molecular weight excluding hydrogens is 451 g/mol. The van der Waals surface area contributed by atoms with Gasteiger partial charge < -0.3 is 14.0 Å². The fraction of sp³-hybridized carbons (Fsp3) is 0.346. The van der Waals surface area contributed by atoms with Gasteiger partial charge in [-0.25, -0.2) is 14.4 Å². The molecule has 5 rings (SSSR count). The Bertz CT molecular complexity index is 1320. The molecule has 0 radical (unpaired) electrons. The zero-order valence-electron chi connectivity index (χ0n) is 19.3. The van der Waals surface area contributed by atoms with Gasteiger partial charge in [-0.05, 0) is 37.8 Å². The summed E-state index contributed by atoms with van der Waals surface area (Å²) < 4.78 is 21.0. The summed E-state index contributed by atoms with van der Waals surface area (Å²) >= 11 is 1.55. The number of thiazole rings is 1. The molecule has 176 valence electrons. The van der Waals surface area contributed by atoms with E-state index in [2.05, 4.69) is 4.98 Å². The third-order valence-corrected chi connectivity index (χ3v) is 7.27. The molecule has 1 aromatic carbocycles. The van der Waals surface area contributed by atoms with Gasteiger partial charge >= 0.3 is 0 Å². The first kappa shape index (κ1) is 22.7. The fourth-order valence-electron chi connectivity index (χ4n) is 4.76. The molecular formula is C26H27FN4O2S. The summed E-state index contributed by atoms with van der Waals surface area (Å²) in [7, 11) is 1.58. The van der Waals surface area contributed by atoms with Gasteiger partial charge in [0.05, 0.1) is 22.2 Å². The van der Waals surface area contributed by atoms with Crippen molar-refractivity contribution in [2.75, 3.05) is 13.7 Å². The molecule has 0 bridgehead atoms. The summed E-state index contributed by atoms with van der Waals surface area (Å²) in [4.78, 5) is 26.0. The molecule has 4 aromatic rings. The number of likely N-dealkylation sites (tertiary alicyclic amines) is 1. The van der Waals surface area contributed by atoms with Gasteiger partial charge in [-0.15, -0.1) is 11.3 Å². The molecule has 1 unspecified atom stereocenters. The van der Waals surface area contributed by atoms with E-state index in [0.717, 1.165) is 40.4 Å². The molecule has 1 fully saturated rings. The summed E-state index contributed by atoms with van der Waals surface area (Å²) in [5.41, 5.74) is 3.77. The number of hydrogen-bond donors (Lipinski definition) is 0. The van der Waals surface area contributed by atoms with E-state index in [4.69, 9.17) is 9.72 Å². The number of fused-ring (bicyclic) bond motifs is 1. The van der Waals surface area contributed by atoms with Crippen molar-refractivity contribution >= 4 is 22.9 Å². The van der Waals surface area contributed by atoms with Crippen molar-refractivity contribution in [2.45, 2.75) is 45.3 Å². The molecule has 6 nitrogen and oxygen atoms in total. The van der Waals surface area contributed by atoms with Crippen LogP contribution in [0.2, 0.25) is 0 Å². The highest BCUT2D eigenvalue weighted by Gasteiger charge is 2.31. The lowest BCUT2D eigenvalue weighted by Gasteiger charge is -2.35. The van der Waals surface area contributed by atoms with Crippen molar-refractivity contribution in [3.63, 3.8) is 0 Å². The predicted octanol–water partition coefficient (Wildman–Crippen LogP) is 5.29. The van der Waals surface area contributed by atoms with Gasteiger partial charge in [-0.2, -0.15) is 0 Å². The van der Waals surface area contributed by atoms with Crippen LogP contribution in [0.25, 0.3) is 16.1 Å². The number of ether oxygens (including phenoxy) is 1. The second-order valence-corrected chi connectivity index (χ2v) is 9.91. The fourth-order valence-corrected chi connectivity index (χ4v) is 5.67. The van der Waals surface area contributed by atoms with Crippen molar-refractivity contribution in [1.82, 2.24) is 19.3 Å². The Morgan fingerprint density at radius 3 is 2.82 bits per heavy atom. The van der Waals surface area contributed by atoms with Gasteiger partial charge in [-0.3, -0.25) is 4.79 Å². The van der Waals surface area contributed by atoms with E-state index in [-0.39, 0.29) is 24.4 Å². The molecule has 4 heterocycles. The lowest BCUT2D eigenvalue weighted by molar-refractivity contribution is 0.0608. The van der Waals surface area contributed by atoms with Crippen molar-refractivity contribution in [3.8, 4) is 10.4 Å². The van der Waals surface area contributed by atoms with E-state index in [0.29, 0.717) is 29.9 Å². The first-order valence-electron chi connectivity index (χ1n) is 11.5. The van der Waals surface area contributed by atoms with Gasteiger partial charge in [0.1, 0.15) is 17.2 Å². The average Bonchev–Trinajstić information content (AvgIpc) is 3.43. The number of aromatic nitrogens is 3. The maximum Gasteiger partial charge on any atom is 0.274 e. The van der Waals surface area contributed by atoms with Crippen LogP contribution in [0.5, 0.6) is 0 Å². The standard InChI is InChI=1S/C26H27FN4O2S/c1-17-28-23(24(34-17)18-8-4-3-5-9-18)26(32)31-11-7-6-10-22(31)13-21-15-30-14-20(27)12-19(16-33-2)25(30)29-21/h3-5,8-9,12,14-15,22H,6-7,10-11,13,16H2,1-2H3. The number of nitrogens with zero attached hydrogens (tertiary/aromatic N) is 4. The van der Waals surface area contributed by atoms with Crippen LogP contribution in [0, 0.1) is 12.7 Å². The molecule has 1 amide bonds. The molecule has 1 aliphatic heterocycles. The van der Waals surface area contributed by atoms with E-state index < -0.39 is 0 Å². The predicted molar refractivity (Wildman–Crippen MR) is 131 cm³/mol. The molecule has 0 aliphatic carbocycles. The number of piperidine rings is 1. The quantitative estimate of drug-likeness (QED) is 0.378. The van der Waals surface area contributed by atoms with Crippen LogP contribution in [0.1, 0.15) is 46.0 Å². The first-order chi connectivity index (χ1) is 16.5. The topological polar surface area (TPSA) is 59.7 Å². The molecule has 34 heavy (non-hydrogen) atoms. The van der Waals surface area contributed by atoms with Crippen LogP contribution in [-0.4, -0.2) is 44.9 Å².